The molecule has 29 heavy (non-hydrogen) atoms. The van der Waals surface area contributed by atoms with Crippen molar-refractivity contribution in [2.75, 3.05) is 7.05 Å². The number of hydrogen-bond donors (Lipinski definition) is 0. The second-order valence-corrected chi connectivity index (χ2v) is 8.47. The van der Waals surface area contributed by atoms with Gasteiger partial charge in [-0.25, -0.2) is 4.99 Å². The highest BCUT2D eigenvalue weighted by molar-refractivity contribution is 8.18. The van der Waals surface area contributed by atoms with Gasteiger partial charge in [0.25, 0.3) is 5.91 Å². The predicted octanol–water partition coefficient (Wildman–Crippen LogP) is 7.33. The van der Waals surface area contributed by atoms with Gasteiger partial charge in [0.05, 0.1) is 10.6 Å². The Morgan fingerprint density at radius 3 is 2.34 bits per heavy atom. The fourth-order valence-electron chi connectivity index (χ4n) is 2.59. The highest BCUT2D eigenvalue weighted by Crippen LogP contribution is 2.36. The number of halogens is 1. The molecule has 1 amide bonds. The maximum absolute atomic E-state index is 12.6. The Morgan fingerprint density at radius 1 is 0.966 bits per heavy atom. The first-order valence-electron chi connectivity index (χ1n) is 9.27. The van der Waals surface area contributed by atoms with Gasteiger partial charge in [0, 0.05) is 21.8 Å². The molecular weight excluding hydrogens is 420 g/mol. The number of benzene rings is 2. The van der Waals surface area contributed by atoms with Crippen molar-refractivity contribution in [1.82, 2.24) is 4.90 Å². The Kier molecular flexibility index (Phi) is 7.31. The minimum absolute atomic E-state index is 0.0314. The average molecular weight is 441 g/mol. The monoisotopic (exact) mass is 440 g/mol. The van der Waals surface area contributed by atoms with Gasteiger partial charge >= 0.3 is 0 Å². The summed E-state index contributed by atoms with van der Waals surface area (Å²) < 4.78 is 0. The van der Waals surface area contributed by atoms with E-state index in [0.717, 1.165) is 26.0 Å². The molecule has 1 fully saturated rings. The molecule has 1 aliphatic heterocycles. The van der Waals surface area contributed by atoms with Crippen molar-refractivity contribution in [2.24, 2.45) is 4.99 Å². The van der Waals surface area contributed by atoms with Crippen LogP contribution in [0.3, 0.4) is 0 Å². The first-order valence-corrected chi connectivity index (χ1v) is 11.3. The summed E-state index contributed by atoms with van der Waals surface area (Å²) in [6, 6.07) is 21.5. The molecule has 3 aromatic rings. The van der Waals surface area contributed by atoms with Crippen LogP contribution in [0.25, 0.3) is 16.5 Å². The van der Waals surface area contributed by atoms with Crippen LogP contribution in [0, 0.1) is 0 Å². The first kappa shape index (κ1) is 21.4. The molecule has 0 spiro atoms. The third kappa shape index (κ3) is 5.18. The summed E-state index contributed by atoms with van der Waals surface area (Å²) in [4.78, 5) is 21.6. The lowest BCUT2D eigenvalue weighted by atomic mass is 10.2. The van der Waals surface area contributed by atoms with E-state index in [9.17, 15) is 4.79 Å². The van der Waals surface area contributed by atoms with Gasteiger partial charge in [0.1, 0.15) is 0 Å². The molecule has 1 saturated heterocycles. The molecule has 1 aliphatic rings. The average Bonchev–Trinajstić information content (AvgIpc) is 3.32. The summed E-state index contributed by atoms with van der Waals surface area (Å²) in [5, 5.41) is 1.41. The largest absolute Gasteiger partial charge is 0.290 e. The van der Waals surface area contributed by atoms with Gasteiger partial charge in [-0.1, -0.05) is 55.8 Å². The smallest absolute Gasteiger partial charge is 0.266 e. The van der Waals surface area contributed by atoms with Gasteiger partial charge in [0.15, 0.2) is 5.17 Å². The Labute approximate surface area is 184 Å². The molecule has 0 radical (unpaired) electrons. The molecule has 148 valence electrons. The highest BCUT2D eigenvalue weighted by Gasteiger charge is 2.30. The first-order chi connectivity index (χ1) is 14.1. The normalized spacial score (nSPS) is 16.3. The summed E-state index contributed by atoms with van der Waals surface area (Å²) in [6.07, 6.45) is 1.93. The number of thioether (sulfide) groups is 1. The quantitative estimate of drug-likeness (QED) is 0.399. The number of likely N-dealkylation sites (N-methyl/N-ethyl adjacent to an activating group) is 1. The highest BCUT2D eigenvalue weighted by atomic mass is 35.5. The topological polar surface area (TPSA) is 32.7 Å². The van der Waals surface area contributed by atoms with E-state index in [1.807, 2.05) is 80.6 Å². The summed E-state index contributed by atoms with van der Waals surface area (Å²) in [5.74, 6) is -0.0314. The number of nitrogens with zero attached hydrogens (tertiary/aromatic N) is 2. The van der Waals surface area contributed by atoms with E-state index in [1.165, 1.54) is 11.8 Å². The Hall–Kier alpha value is -2.34. The van der Waals surface area contributed by atoms with Crippen molar-refractivity contribution in [3.8, 4) is 10.4 Å². The lowest BCUT2D eigenvalue weighted by Crippen LogP contribution is -2.23. The molecule has 2 aromatic carbocycles. The van der Waals surface area contributed by atoms with E-state index in [0.29, 0.717) is 10.1 Å². The maximum Gasteiger partial charge on any atom is 0.266 e. The van der Waals surface area contributed by atoms with Crippen LogP contribution >= 0.6 is 34.7 Å². The molecule has 0 atom stereocenters. The second kappa shape index (κ2) is 9.92. The minimum Gasteiger partial charge on any atom is -0.290 e. The zero-order chi connectivity index (χ0) is 20.8. The Morgan fingerprint density at radius 2 is 1.66 bits per heavy atom. The number of rotatable bonds is 3. The van der Waals surface area contributed by atoms with Crippen LogP contribution in [0.2, 0.25) is 5.02 Å². The molecule has 2 heterocycles. The number of thiophene rings is 1. The summed E-state index contributed by atoms with van der Waals surface area (Å²) in [5.41, 5.74) is 1.95. The Balaban J connectivity index is 0.00000117. The SMILES string of the molecule is CC.CN1C(=O)/C(=C/c2ccc(-c3ccc(Cl)cc3)s2)SC1=Nc1ccccc1. The van der Waals surface area contributed by atoms with Gasteiger partial charge in [0.2, 0.25) is 0 Å². The maximum atomic E-state index is 12.6. The molecule has 0 bridgehead atoms. The lowest BCUT2D eigenvalue weighted by molar-refractivity contribution is -0.121. The van der Waals surface area contributed by atoms with Crippen LogP contribution in [0.5, 0.6) is 0 Å². The van der Waals surface area contributed by atoms with E-state index in [4.69, 9.17) is 11.6 Å². The number of amidine groups is 1. The number of para-hydroxylation sites is 1. The summed E-state index contributed by atoms with van der Waals surface area (Å²) >= 11 is 9.00. The van der Waals surface area contributed by atoms with E-state index in [1.54, 1.807) is 23.3 Å². The van der Waals surface area contributed by atoms with Crippen molar-refractivity contribution in [3.63, 3.8) is 0 Å². The van der Waals surface area contributed by atoms with E-state index in [-0.39, 0.29) is 5.91 Å². The zero-order valence-electron chi connectivity index (χ0n) is 16.4. The van der Waals surface area contributed by atoms with Crippen molar-refractivity contribution in [1.29, 1.82) is 0 Å². The molecule has 0 unspecified atom stereocenters. The van der Waals surface area contributed by atoms with Gasteiger partial charge in [-0.15, -0.1) is 11.3 Å². The molecule has 1 aromatic heterocycles. The number of aliphatic imine (C=N–C) groups is 1. The third-order valence-electron chi connectivity index (χ3n) is 4.01. The second-order valence-electron chi connectivity index (χ2n) is 5.91. The van der Waals surface area contributed by atoms with Crippen LogP contribution in [0.4, 0.5) is 5.69 Å². The van der Waals surface area contributed by atoms with Gasteiger partial charge in [-0.3, -0.25) is 9.69 Å². The number of amides is 1. The summed E-state index contributed by atoms with van der Waals surface area (Å²) in [7, 11) is 1.76. The van der Waals surface area contributed by atoms with Crippen molar-refractivity contribution in [2.45, 2.75) is 13.8 Å². The van der Waals surface area contributed by atoms with Crippen LogP contribution in [-0.2, 0) is 4.79 Å². The van der Waals surface area contributed by atoms with Gasteiger partial charge in [-0.2, -0.15) is 0 Å². The van der Waals surface area contributed by atoms with Crippen molar-refractivity contribution >= 4 is 57.5 Å². The molecule has 4 rings (SSSR count). The van der Waals surface area contributed by atoms with E-state index in [2.05, 4.69) is 11.1 Å². The number of carbonyl (C=O) groups excluding carboxylic acids is 1. The summed E-state index contributed by atoms with van der Waals surface area (Å²) in [6.45, 7) is 4.00. The molecular formula is C23H21ClN2OS2. The van der Waals surface area contributed by atoms with Crippen LogP contribution in [0.1, 0.15) is 18.7 Å². The number of carbonyl (C=O) groups is 1. The lowest BCUT2D eigenvalue weighted by Gasteiger charge is -2.06. The fourth-order valence-corrected chi connectivity index (χ4v) is 4.73. The third-order valence-corrected chi connectivity index (χ3v) is 6.41. The van der Waals surface area contributed by atoms with Crippen molar-refractivity contribution < 1.29 is 4.79 Å². The molecule has 0 N–H and O–H groups in total. The fraction of sp³-hybridized carbons (Fsp3) is 0.130. The number of hydrogen-bond acceptors (Lipinski definition) is 4. The minimum atomic E-state index is -0.0314. The van der Waals surface area contributed by atoms with Crippen LogP contribution in [0.15, 0.2) is 76.6 Å². The standard InChI is InChI=1S/C21H15ClN2OS2.C2H6/c1-24-20(25)19(27-21(24)23-16-5-3-2-4-6-16)13-17-11-12-18(26-17)14-7-9-15(22)10-8-14;1-2/h2-13H,1H3;1-2H3/b19-13-,23-21?;. The van der Waals surface area contributed by atoms with Crippen LogP contribution in [-0.4, -0.2) is 23.0 Å². The molecule has 6 heteroatoms. The molecule has 3 nitrogen and oxygen atoms in total. The Bertz CT molecular complexity index is 1040. The van der Waals surface area contributed by atoms with Gasteiger partial charge in [-0.05, 0) is 59.8 Å². The van der Waals surface area contributed by atoms with E-state index >= 15 is 0 Å². The van der Waals surface area contributed by atoms with Crippen LogP contribution < -0.4 is 0 Å². The predicted molar refractivity (Wildman–Crippen MR) is 128 cm³/mol. The molecule has 0 aliphatic carbocycles. The van der Waals surface area contributed by atoms with Gasteiger partial charge < -0.3 is 0 Å². The zero-order valence-corrected chi connectivity index (χ0v) is 18.8. The van der Waals surface area contributed by atoms with Crippen molar-refractivity contribution in [3.05, 3.63) is 81.5 Å². The van der Waals surface area contributed by atoms with E-state index < -0.39 is 0 Å². The molecule has 0 saturated carbocycles.